The molecule has 0 aliphatic carbocycles. The molecule has 1 amide bonds. The minimum absolute atomic E-state index is 0.0634. The molecule has 1 aromatic rings. The molecule has 1 aromatic carbocycles. The van der Waals surface area contributed by atoms with Crippen LogP contribution in [0.25, 0.3) is 0 Å². The fraction of sp³-hybridized carbons (Fsp3) is 0.500. The summed E-state index contributed by atoms with van der Waals surface area (Å²) in [6, 6.07) is 5.69. The van der Waals surface area contributed by atoms with Crippen LogP contribution in [-0.2, 0) is 0 Å². The van der Waals surface area contributed by atoms with Crippen molar-refractivity contribution in [2.45, 2.75) is 19.9 Å². The molecular formula is C14H20ClN3O. The monoisotopic (exact) mass is 281 g/mol. The van der Waals surface area contributed by atoms with Gasteiger partial charge in [-0.15, -0.1) is 0 Å². The van der Waals surface area contributed by atoms with E-state index in [1.165, 1.54) is 0 Å². The highest BCUT2D eigenvalue weighted by Gasteiger charge is 2.25. The number of benzene rings is 1. The number of piperazine rings is 1. The number of hydrogen-bond acceptors (Lipinski definition) is 3. The maximum atomic E-state index is 12.5. The Morgan fingerprint density at radius 1 is 1.26 bits per heavy atom. The SMILES string of the molecule is CC(C)N1CCN(C(=O)c2c(N)cccc2Cl)CC1. The molecule has 1 heterocycles. The molecule has 0 unspecified atom stereocenters. The van der Waals surface area contributed by atoms with Crippen molar-refractivity contribution in [1.82, 2.24) is 9.80 Å². The van der Waals surface area contributed by atoms with Crippen LogP contribution in [0.2, 0.25) is 5.02 Å². The number of carbonyl (C=O) groups excluding carboxylic acids is 1. The first kappa shape index (κ1) is 14.2. The minimum atomic E-state index is -0.0634. The van der Waals surface area contributed by atoms with Gasteiger partial charge in [0.25, 0.3) is 5.91 Å². The van der Waals surface area contributed by atoms with Crippen LogP contribution >= 0.6 is 11.6 Å². The molecule has 2 rings (SSSR count). The zero-order valence-corrected chi connectivity index (χ0v) is 12.2. The van der Waals surface area contributed by atoms with Gasteiger partial charge in [0.05, 0.1) is 10.6 Å². The predicted molar refractivity (Wildman–Crippen MR) is 78.5 cm³/mol. The number of halogens is 1. The van der Waals surface area contributed by atoms with Gasteiger partial charge in [-0.25, -0.2) is 0 Å². The number of nitrogen functional groups attached to an aromatic ring is 1. The molecule has 5 heteroatoms. The molecule has 2 N–H and O–H groups in total. The van der Waals surface area contributed by atoms with Gasteiger partial charge in [0.1, 0.15) is 0 Å². The molecule has 0 bridgehead atoms. The molecule has 1 aliphatic heterocycles. The van der Waals surface area contributed by atoms with Gasteiger partial charge in [0.2, 0.25) is 0 Å². The van der Waals surface area contributed by atoms with Crippen LogP contribution < -0.4 is 5.73 Å². The average Bonchev–Trinajstić information content (AvgIpc) is 2.38. The first-order valence-electron chi connectivity index (χ1n) is 6.58. The summed E-state index contributed by atoms with van der Waals surface area (Å²) in [6.45, 7) is 7.58. The Balaban J connectivity index is 2.10. The minimum Gasteiger partial charge on any atom is -0.398 e. The van der Waals surface area contributed by atoms with Crippen LogP contribution in [-0.4, -0.2) is 47.9 Å². The molecule has 0 saturated carbocycles. The maximum Gasteiger partial charge on any atom is 0.257 e. The van der Waals surface area contributed by atoms with Gasteiger partial charge in [-0.05, 0) is 26.0 Å². The summed E-state index contributed by atoms with van der Waals surface area (Å²) in [5.41, 5.74) is 6.74. The van der Waals surface area contributed by atoms with Gasteiger partial charge in [0, 0.05) is 37.9 Å². The van der Waals surface area contributed by atoms with E-state index in [4.69, 9.17) is 17.3 Å². The second-order valence-electron chi connectivity index (χ2n) is 5.13. The van der Waals surface area contributed by atoms with Crippen molar-refractivity contribution in [3.05, 3.63) is 28.8 Å². The van der Waals surface area contributed by atoms with Crippen LogP contribution in [0.5, 0.6) is 0 Å². The highest BCUT2D eigenvalue weighted by atomic mass is 35.5. The van der Waals surface area contributed by atoms with E-state index in [9.17, 15) is 4.79 Å². The molecule has 104 valence electrons. The van der Waals surface area contributed by atoms with Crippen LogP contribution in [0.3, 0.4) is 0 Å². The molecule has 0 spiro atoms. The first-order chi connectivity index (χ1) is 9.00. The Labute approximate surface area is 119 Å². The van der Waals surface area contributed by atoms with E-state index >= 15 is 0 Å². The fourth-order valence-corrected chi connectivity index (χ4v) is 2.63. The van der Waals surface area contributed by atoms with Gasteiger partial charge in [0.15, 0.2) is 0 Å². The summed E-state index contributed by atoms with van der Waals surface area (Å²) in [6.07, 6.45) is 0. The molecule has 0 aromatic heterocycles. The van der Waals surface area contributed by atoms with E-state index in [-0.39, 0.29) is 5.91 Å². The van der Waals surface area contributed by atoms with Gasteiger partial charge < -0.3 is 10.6 Å². The number of anilines is 1. The number of amides is 1. The summed E-state index contributed by atoms with van der Waals surface area (Å²) in [4.78, 5) is 16.7. The second kappa shape index (κ2) is 5.80. The van der Waals surface area contributed by atoms with Gasteiger partial charge in [-0.1, -0.05) is 17.7 Å². The van der Waals surface area contributed by atoms with Crippen LogP contribution in [0.1, 0.15) is 24.2 Å². The van der Waals surface area contributed by atoms with E-state index in [0.717, 1.165) is 26.2 Å². The summed E-state index contributed by atoms with van der Waals surface area (Å²) in [5.74, 6) is -0.0634. The summed E-state index contributed by atoms with van der Waals surface area (Å²) in [7, 11) is 0. The Morgan fingerprint density at radius 2 is 1.89 bits per heavy atom. The lowest BCUT2D eigenvalue weighted by atomic mass is 10.1. The van der Waals surface area contributed by atoms with Crippen molar-refractivity contribution in [3.63, 3.8) is 0 Å². The number of hydrogen-bond donors (Lipinski definition) is 1. The van der Waals surface area contributed by atoms with E-state index in [1.807, 2.05) is 4.90 Å². The van der Waals surface area contributed by atoms with E-state index in [2.05, 4.69) is 18.7 Å². The van der Waals surface area contributed by atoms with Gasteiger partial charge in [-0.2, -0.15) is 0 Å². The molecule has 1 fully saturated rings. The number of nitrogens with two attached hydrogens (primary N) is 1. The Kier molecular flexibility index (Phi) is 4.32. The maximum absolute atomic E-state index is 12.5. The van der Waals surface area contributed by atoms with Crippen LogP contribution in [0.15, 0.2) is 18.2 Å². The summed E-state index contributed by atoms with van der Waals surface area (Å²) >= 11 is 6.08. The lowest BCUT2D eigenvalue weighted by Crippen LogP contribution is -2.50. The van der Waals surface area contributed by atoms with E-state index in [0.29, 0.717) is 22.3 Å². The normalized spacial score (nSPS) is 16.9. The largest absolute Gasteiger partial charge is 0.398 e. The zero-order valence-electron chi connectivity index (χ0n) is 11.4. The van der Waals surface area contributed by atoms with Crippen molar-refractivity contribution in [2.24, 2.45) is 0 Å². The lowest BCUT2D eigenvalue weighted by molar-refractivity contribution is 0.0596. The predicted octanol–water partition coefficient (Wildman–Crippen LogP) is 2.09. The second-order valence-corrected chi connectivity index (χ2v) is 5.53. The number of nitrogens with zero attached hydrogens (tertiary/aromatic N) is 2. The number of rotatable bonds is 2. The molecule has 1 aliphatic rings. The highest BCUT2D eigenvalue weighted by Crippen LogP contribution is 2.24. The standard InChI is InChI=1S/C14H20ClN3O/c1-10(2)17-6-8-18(9-7-17)14(19)13-11(15)4-3-5-12(13)16/h3-5,10H,6-9,16H2,1-2H3. The average molecular weight is 282 g/mol. The van der Waals surface area contributed by atoms with Crippen molar-refractivity contribution in [1.29, 1.82) is 0 Å². The van der Waals surface area contributed by atoms with Crippen LogP contribution in [0.4, 0.5) is 5.69 Å². The molecule has 19 heavy (non-hydrogen) atoms. The van der Waals surface area contributed by atoms with Gasteiger partial charge in [-0.3, -0.25) is 9.69 Å². The van der Waals surface area contributed by atoms with Crippen molar-refractivity contribution in [3.8, 4) is 0 Å². The summed E-state index contributed by atoms with van der Waals surface area (Å²) in [5, 5.41) is 0.427. The number of carbonyl (C=O) groups is 1. The molecule has 1 saturated heterocycles. The van der Waals surface area contributed by atoms with Crippen molar-refractivity contribution >= 4 is 23.2 Å². The Bertz CT molecular complexity index is 448. The third-order valence-corrected chi connectivity index (χ3v) is 3.91. The van der Waals surface area contributed by atoms with Crippen molar-refractivity contribution in [2.75, 3.05) is 31.9 Å². The van der Waals surface area contributed by atoms with Gasteiger partial charge >= 0.3 is 0 Å². The van der Waals surface area contributed by atoms with E-state index in [1.54, 1.807) is 18.2 Å². The molecule has 0 radical (unpaired) electrons. The third kappa shape index (κ3) is 3.01. The molecular weight excluding hydrogens is 262 g/mol. The lowest BCUT2D eigenvalue weighted by Gasteiger charge is -2.37. The van der Waals surface area contributed by atoms with Crippen molar-refractivity contribution < 1.29 is 4.79 Å². The topological polar surface area (TPSA) is 49.6 Å². The first-order valence-corrected chi connectivity index (χ1v) is 6.96. The van der Waals surface area contributed by atoms with E-state index < -0.39 is 0 Å². The zero-order chi connectivity index (χ0) is 14.0. The highest BCUT2D eigenvalue weighted by molar-refractivity contribution is 6.34. The fourth-order valence-electron chi connectivity index (χ4n) is 2.37. The quantitative estimate of drug-likeness (QED) is 0.845. The molecule has 4 nitrogen and oxygen atoms in total. The summed E-state index contributed by atoms with van der Waals surface area (Å²) < 4.78 is 0. The molecule has 0 atom stereocenters. The third-order valence-electron chi connectivity index (χ3n) is 3.59. The Morgan fingerprint density at radius 3 is 2.42 bits per heavy atom. The van der Waals surface area contributed by atoms with Crippen LogP contribution in [0, 0.1) is 0 Å². The smallest absolute Gasteiger partial charge is 0.257 e. The Hall–Kier alpha value is -1.26.